The molecule has 1 aliphatic rings. The minimum atomic E-state index is -0.183. The van der Waals surface area contributed by atoms with Gasteiger partial charge in [-0.3, -0.25) is 14.2 Å². The summed E-state index contributed by atoms with van der Waals surface area (Å²) in [5.74, 6) is 1.12. The molecule has 0 saturated carbocycles. The molecule has 146 valence electrons. The van der Waals surface area contributed by atoms with Gasteiger partial charge in [0.15, 0.2) is 0 Å². The lowest BCUT2D eigenvalue weighted by Gasteiger charge is -2.08. The van der Waals surface area contributed by atoms with Gasteiger partial charge < -0.3 is 5.32 Å². The fourth-order valence-corrected chi connectivity index (χ4v) is 4.85. The van der Waals surface area contributed by atoms with Crippen LogP contribution in [0.4, 0.5) is 5.69 Å². The maximum absolute atomic E-state index is 13.0. The zero-order chi connectivity index (χ0) is 19.8. The van der Waals surface area contributed by atoms with Gasteiger partial charge in [-0.05, 0) is 48.9 Å². The van der Waals surface area contributed by atoms with Crippen molar-refractivity contribution in [1.82, 2.24) is 9.55 Å². The second-order valence-corrected chi connectivity index (χ2v) is 8.76. The molecule has 0 spiro atoms. The summed E-state index contributed by atoms with van der Waals surface area (Å²) in [6.07, 6.45) is 4.01. The lowest BCUT2D eigenvalue weighted by molar-refractivity contribution is 0.103. The van der Waals surface area contributed by atoms with Crippen molar-refractivity contribution in [2.24, 2.45) is 0 Å². The lowest BCUT2D eigenvalue weighted by Crippen LogP contribution is -2.24. The maximum Gasteiger partial charge on any atom is 0.266 e. The number of fused-ring (bicyclic) bond motifs is 2. The molecule has 0 saturated heterocycles. The molecule has 1 N–H and O–H groups in total. The normalized spacial score (nSPS) is 14.1. The third-order valence-corrected chi connectivity index (χ3v) is 6.64. The Morgan fingerprint density at radius 3 is 2.64 bits per heavy atom. The van der Waals surface area contributed by atoms with Crippen molar-refractivity contribution < 1.29 is 4.79 Å². The molecule has 1 amide bonds. The molecule has 3 heterocycles. The highest BCUT2D eigenvalue weighted by Gasteiger charge is 2.22. The van der Waals surface area contributed by atoms with Gasteiger partial charge in [-0.2, -0.15) is 0 Å². The number of amides is 1. The van der Waals surface area contributed by atoms with Crippen LogP contribution in [0, 0.1) is 6.92 Å². The van der Waals surface area contributed by atoms with E-state index in [0.29, 0.717) is 21.0 Å². The summed E-state index contributed by atoms with van der Waals surface area (Å²) in [5, 5.41) is 3.55. The highest BCUT2D eigenvalue weighted by atomic mass is 32.1. The Morgan fingerprint density at radius 1 is 1.18 bits per heavy atom. The summed E-state index contributed by atoms with van der Waals surface area (Å²) >= 11 is 1.32. The molecule has 4 rings (SSSR count). The van der Waals surface area contributed by atoms with E-state index in [4.69, 9.17) is 4.98 Å². The highest BCUT2D eigenvalue weighted by molar-refractivity contribution is 7.20. The van der Waals surface area contributed by atoms with Crippen molar-refractivity contribution in [2.75, 3.05) is 5.32 Å². The number of rotatable bonds is 3. The van der Waals surface area contributed by atoms with E-state index in [1.165, 1.54) is 16.9 Å². The average Bonchev–Trinajstić information content (AvgIpc) is 2.84. The van der Waals surface area contributed by atoms with Crippen LogP contribution in [0.25, 0.3) is 10.2 Å². The van der Waals surface area contributed by atoms with Gasteiger partial charge in [0, 0.05) is 18.7 Å². The van der Waals surface area contributed by atoms with Crippen molar-refractivity contribution >= 4 is 33.1 Å². The molecule has 0 fully saturated rings. The molecular formula is C22H25N3O2S. The average molecular weight is 396 g/mol. The number of hydrogen-bond acceptors (Lipinski definition) is 4. The van der Waals surface area contributed by atoms with Gasteiger partial charge in [0.25, 0.3) is 11.5 Å². The number of anilines is 1. The Bertz CT molecular complexity index is 1090. The molecule has 0 unspecified atom stereocenters. The van der Waals surface area contributed by atoms with Crippen molar-refractivity contribution in [1.29, 1.82) is 0 Å². The number of nitrogens with zero attached hydrogens (tertiary/aromatic N) is 2. The quantitative estimate of drug-likeness (QED) is 0.688. The van der Waals surface area contributed by atoms with Crippen LogP contribution in [-0.2, 0) is 13.0 Å². The molecule has 5 nitrogen and oxygen atoms in total. The SMILES string of the molecule is Cc1c(C(=O)Nc2ccc(C(C)C)cc2)sc2nc3n(c(=O)c12)CCCCC3. The Kier molecular flexibility index (Phi) is 5.06. The van der Waals surface area contributed by atoms with Crippen LogP contribution in [0.3, 0.4) is 0 Å². The van der Waals surface area contributed by atoms with Gasteiger partial charge in [-0.25, -0.2) is 4.98 Å². The largest absolute Gasteiger partial charge is 0.321 e. The zero-order valence-corrected chi connectivity index (χ0v) is 17.4. The van der Waals surface area contributed by atoms with Gasteiger partial charge in [0.1, 0.15) is 10.7 Å². The highest BCUT2D eigenvalue weighted by Crippen LogP contribution is 2.29. The van der Waals surface area contributed by atoms with Gasteiger partial charge in [-0.15, -0.1) is 11.3 Å². The summed E-state index contributed by atoms with van der Waals surface area (Å²) < 4.78 is 1.81. The zero-order valence-electron chi connectivity index (χ0n) is 16.5. The van der Waals surface area contributed by atoms with Gasteiger partial charge in [0.2, 0.25) is 0 Å². The third kappa shape index (κ3) is 3.37. The van der Waals surface area contributed by atoms with Crippen LogP contribution >= 0.6 is 11.3 Å². The van der Waals surface area contributed by atoms with Crippen molar-refractivity contribution in [3.05, 3.63) is 56.4 Å². The smallest absolute Gasteiger partial charge is 0.266 e. The number of carbonyl (C=O) groups excluding carboxylic acids is 1. The molecule has 0 aliphatic carbocycles. The van der Waals surface area contributed by atoms with E-state index in [1.807, 2.05) is 31.2 Å². The number of nitrogens with one attached hydrogen (secondary N) is 1. The van der Waals surface area contributed by atoms with Gasteiger partial charge in [0.05, 0.1) is 10.3 Å². The second-order valence-electron chi connectivity index (χ2n) is 7.76. The molecule has 1 aromatic carbocycles. The van der Waals surface area contributed by atoms with E-state index in [9.17, 15) is 9.59 Å². The van der Waals surface area contributed by atoms with E-state index in [0.717, 1.165) is 49.3 Å². The second kappa shape index (κ2) is 7.51. The third-order valence-electron chi connectivity index (χ3n) is 5.45. The lowest BCUT2D eigenvalue weighted by atomic mass is 10.0. The van der Waals surface area contributed by atoms with E-state index in [1.54, 1.807) is 4.57 Å². The molecule has 28 heavy (non-hydrogen) atoms. The summed E-state index contributed by atoms with van der Waals surface area (Å²) in [6.45, 7) is 6.85. The van der Waals surface area contributed by atoms with E-state index >= 15 is 0 Å². The van der Waals surface area contributed by atoms with Gasteiger partial charge >= 0.3 is 0 Å². The number of thiophene rings is 1. The van der Waals surface area contributed by atoms with Gasteiger partial charge in [-0.1, -0.05) is 32.4 Å². The predicted molar refractivity (Wildman–Crippen MR) is 115 cm³/mol. The number of aromatic nitrogens is 2. The summed E-state index contributed by atoms with van der Waals surface area (Å²) in [5.41, 5.74) is 2.71. The standard InChI is InChI=1S/C22H25N3O2S/c1-13(2)15-8-10-16(11-9-15)23-20(26)19-14(3)18-21(28-19)24-17-7-5-4-6-12-25(17)22(18)27/h8-11,13H,4-7,12H2,1-3H3,(H,23,26). The van der Waals surface area contributed by atoms with Crippen LogP contribution in [0.2, 0.25) is 0 Å². The van der Waals surface area contributed by atoms with E-state index in [-0.39, 0.29) is 11.5 Å². The first kappa shape index (κ1) is 18.9. The summed E-state index contributed by atoms with van der Waals surface area (Å²) in [4.78, 5) is 31.9. The Hall–Kier alpha value is -2.47. The fraction of sp³-hybridized carbons (Fsp3) is 0.409. The van der Waals surface area contributed by atoms with E-state index in [2.05, 4.69) is 19.2 Å². The summed E-state index contributed by atoms with van der Waals surface area (Å²) in [7, 11) is 0. The predicted octanol–water partition coefficient (Wildman–Crippen LogP) is 4.87. The van der Waals surface area contributed by atoms with Crippen LogP contribution < -0.4 is 10.9 Å². The first-order chi connectivity index (χ1) is 13.5. The van der Waals surface area contributed by atoms with E-state index < -0.39 is 0 Å². The minimum Gasteiger partial charge on any atom is -0.321 e. The summed E-state index contributed by atoms with van der Waals surface area (Å²) in [6, 6.07) is 7.91. The molecule has 0 atom stereocenters. The molecule has 0 radical (unpaired) electrons. The number of hydrogen-bond donors (Lipinski definition) is 1. The molecule has 2 aromatic heterocycles. The van der Waals surface area contributed by atoms with Crippen molar-refractivity contribution in [2.45, 2.75) is 58.9 Å². The Balaban J connectivity index is 1.69. The Labute approximate surface area is 168 Å². The number of carbonyl (C=O) groups is 1. The Morgan fingerprint density at radius 2 is 1.93 bits per heavy atom. The van der Waals surface area contributed by atoms with Crippen LogP contribution in [0.15, 0.2) is 29.1 Å². The van der Waals surface area contributed by atoms with Crippen LogP contribution in [0.1, 0.15) is 65.7 Å². The first-order valence-corrected chi connectivity index (χ1v) is 10.7. The van der Waals surface area contributed by atoms with Crippen molar-refractivity contribution in [3.63, 3.8) is 0 Å². The number of benzene rings is 1. The maximum atomic E-state index is 13.0. The molecule has 1 aliphatic heterocycles. The first-order valence-electron chi connectivity index (χ1n) is 9.90. The molecule has 3 aromatic rings. The topological polar surface area (TPSA) is 64.0 Å². The van der Waals surface area contributed by atoms with Crippen LogP contribution in [-0.4, -0.2) is 15.5 Å². The monoisotopic (exact) mass is 395 g/mol. The van der Waals surface area contributed by atoms with Crippen molar-refractivity contribution in [3.8, 4) is 0 Å². The molecule has 6 heteroatoms. The molecular weight excluding hydrogens is 370 g/mol. The fourth-order valence-electron chi connectivity index (χ4n) is 3.77. The van der Waals surface area contributed by atoms with Crippen LogP contribution in [0.5, 0.6) is 0 Å². The molecule has 0 bridgehead atoms. The minimum absolute atomic E-state index is 0.00372. The number of aryl methyl sites for hydroxylation is 2.